The molecule has 4 heterocycles. The lowest BCUT2D eigenvalue weighted by molar-refractivity contribution is -0.390. The van der Waals surface area contributed by atoms with E-state index in [1.54, 1.807) is 12.5 Å². The van der Waals surface area contributed by atoms with Gasteiger partial charge in [-0.1, -0.05) is 13.3 Å². The van der Waals surface area contributed by atoms with Crippen molar-refractivity contribution in [3.8, 4) is 0 Å². The molecule has 6 rings (SSSR count). The van der Waals surface area contributed by atoms with E-state index in [1.807, 2.05) is 6.07 Å². The lowest BCUT2D eigenvalue weighted by atomic mass is 9.40. The topological polar surface area (TPSA) is 81.3 Å². The Balaban J connectivity index is 1.51. The summed E-state index contributed by atoms with van der Waals surface area (Å²) in [5.41, 5.74) is -0.950. The van der Waals surface area contributed by atoms with E-state index in [-0.39, 0.29) is 36.3 Å². The zero-order valence-electron chi connectivity index (χ0n) is 15.0. The first-order valence-corrected chi connectivity index (χ1v) is 9.83. The normalized spacial score (nSPS) is 57.7. The van der Waals surface area contributed by atoms with Crippen LogP contribution in [-0.4, -0.2) is 41.1 Å². The predicted octanol–water partition coefficient (Wildman–Crippen LogP) is 2.36. The Labute approximate surface area is 152 Å². The predicted molar refractivity (Wildman–Crippen MR) is 88.7 cm³/mol. The van der Waals surface area contributed by atoms with E-state index >= 15 is 0 Å². The molecule has 6 nitrogen and oxygen atoms in total. The van der Waals surface area contributed by atoms with Crippen molar-refractivity contribution >= 4 is 0 Å². The van der Waals surface area contributed by atoms with Gasteiger partial charge < -0.3 is 28.8 Å². The lowest BCUT2D eigenvalue weighted by Gasteiger charge is -2.68. The molecule has 26 heavy (non-hydrogen) atoms. The molecule has 8 unspecified atom stereocenters. The third kappa shape index (κ3) is 1.52. The number of ether oxygens (including phenoxy) is 3. The summed E-state index contributed by atoms with van der Waals surface area (Å²) in [5, 5.41) is 23.0. The van der Waals surface area contributed by atoms with Crippen LogP contribution in [0.4, 0.5) is 0 Å². The summed E-state index contributed by atoms with van der Waals surface area (Å²) in [6, 6.07) is 1.95. The third-order valence-electron chi connectivity index (χ3n) is 8.55. The van der Waals surface area contributed by atoms with E-state index in [1.165, 1.54) is 0 Å². The Morgan fingerprint density at radius 1 is 1.19 bits per heavy atom. The summed E-state index contributed by atoms with van der Waals surface area (Å²) in [4.78, 5) is 0. The van der Waals surface area contributed by atoms with E-state index in [4.69, 9.17) is 18.6 Å². The Kier molecular flexibility index (Phi) is 2.92. The summed E-state index contributed by atoms with van der Waals surface area (Å²) < 4.78 is 23.8. The zero-order valence-corrected chi connectivity index (χ0v) is 15.0. The number of rotatable bonds is 1. The molecule has 1 aromatic rings. The largest absolute Gasteiger partial charge is 0.472 e. The van der Waals surface area contributed by atoms with Gasteiger partial charge in [0.15, 0.2) is 12.1 Å². The van der Waals surface area contributed by atoms with E-state index in [0.717, 1.165) is 24.8 Å². The van der Waals surface area contributed by atoms with Crippen LogP contribution in [0.3, 0.4) is 0 Å². The maximum absolute atomic E-state index is 11.5. The van der Waals surface area contributed by atoms with Gasteiger partial charge in [-0.05, 0) is 37.2 Å². The highest BCUT2D eigenvalue weighted by atomic mass is 16.7. The first kappa shape index (κ1) is 16.1. The van der Waals surface area contributed by atoms with Gasteiger partial charge in [0.25, 0.3) is 0 Å². The van der Waals surface area contributed by atoms with Gasteiger partial charge in [-0.3, -0.25) is 0 Å². The molecular weight excluding hydrogens is 336 g/mol. The standard InChI is InChI=1S/C20H26O6/c1-12-7-20(22)19-11-24-16-18(12,8-14(26-16)13-4-6-23-9-13)15(19)3-2-5-17(19,21)10-25-20/h4,6,9,12,14-16,21-22H,2-3,5,7-8,10-11H2,1H3. The number of hydrogen-bond acceptors (Lipinski definition) is 6. The second-order valence-electron chi connectivity index (χ2n) is 9.27. The highest BCUT2D eigenvalue weighted by molar-refractivity contribution is 5.27. The summed E-state index contributed by atoms with van der Waals surface area (Å²) in [5.74, 6) is -1.01. The Hall–Kier alpha value is -0.920. The maximum atomic E-state index is 11.5. The lowest BCUT2D eigenvalue weighted by Crippen LogP contribution is -2.76. The van der Waals surface area contributed by atoms with E-state index in [2.05, 4.69) is 6.92 Å². The van der Waals surface area contributed by atoms with Gasteiger partial charge in [0.1, 0.15) is 5.60 Å². The van der Waals surface area contributed by atoms with E-state index in [0.29, 0.717) is 19.4 Å². The summed E-state index contributed by atoms with van der Waals surface area (Å²) in [6.45, 7) is 2.67. The van der Waals surface area contributed by atoms with Crippen molar-refractivity contribution in [1.29, 1.82) is 0 Å². The molecule has 2 saturated carbocycles. The highest BCUT2D eigenvalue weighted by Gasteiger charge is 2.82. The molecule has 5 fully saturated rings. The molecule has 2 N–H and O–H groups in total. The molecule has 2 aliphatic carbocycles. The highest BCUT2D eigenvalue weighted by Crippen LogP contribution is 2.75. The second kappa shape index (κ2) is 4.73. The van der Waals surface area contributed by atoms with Gasteiger partial charge >= 0.3 is 0 Å². The molecule has 0 aromatic carbocycles. The minimum Gasteiger partial charge on any atom is -0.472 e. The number of aliphatic hydroxyl groups is 2. The van der Waals surface area contributed by atoms with Gasteiger partial charge in [-0.2, -0.15) is 0 Å². The Morgan fingerprint density at radius 2 is 2.08 bits per heavy atom. The van der Waals surface area contributed by atoms with Gasteiger partial charge in [-0.25, -0.2) is 0 Å². The van der Waals surface area contributed by atoms with E-state index in [9.17, 15) is 10.2 Å². The van der Waals surface area contributed by atoms with Crippen molar-refractivity contribution in [3.63, 3.8) is 0 Å². The molecule has 0 amide bonds. The smallest absolute Gasteiger partial charge is 0.176 e. The van der Waals surface area contributed by atoms with Crippen LogP contribution in [0.2, 0.25) is 0 Å². The molecule has 2 bridgehead atoms. The van der Waals surface area contributed by atoms with Crippen LogP contribution >= 0.6 is 0 Å². The second-order valence-corrected chi connectivity index (χ2v) is 9.27. The SMILES string of the molecule is CC1CC2(O)OCC3(O)CCCC4C15CC(c1ccoc1)OC5OCC432. The average Bonchev–Trinajstić information content (AvgIpc) is 3.30. The van der Waals surface area contributed by atoms with E-state index < -0.39 is 16.8 Å². The van der Waals surface area contributed by atoms with Crippen molar-refractivity contribution in [1.82, 2.24) is 0 Å². The fraction of sp³-hybridized carbons (Fsp3) is 0.800. The van der Waals surface area contributed by atoms with Crippen molar-refractivity contribution in [2.45, 2.75) is 62.8 Å². The fourth-order valence-corrected chi connectivity index (χ4v) is 7.40. The first-order valence-electron chi connectivity index (χ1n) is 9.83. The minimum atomic E-state index is -1.31. The maximum Gasteiger partial charge on any atom is 0.176 e. The van der Waals surface area contributed by atoms with Crippen LogP contribution < -0.4 is 0 Å². The van der Waals surface area contributed by atoms with Gasteiger partial charge in [0, 0.05) is 17.4 Å². The number of hydrogen-bond donors (Lipinski definition) is 2. The summed E-state index contributed by atoms with van der Waals surface area (Å²) >= 11 is 0. The first-order chi connectivity index (χ1) is 12.5. The molecule has 3 aliphatic heterocycles. The average molecular weight is 362 g/mol. The fourth-order valence-electron chi connectivity index (χ4n) is 7.40. The van der Waals surface area contributed by atoms with Crippen LogP contribution in [-0.2, 0) is 14.2 Å². The molecule has 5 aliphatic rings. The zero-order chi connectivity index (χ0) is 17.8. The van der Waals surface area contributed by atoms with Gasteiger partial charge in [0.2, 0.25) is 0 Å². The molecule has 2 spiro atoms. The van der Waals surface area contributed by atoms with Gasteiger partial charge in [0.05, 0.1) is 37.3 Å². The monoisotopic (exact) mass is 362 g/mol. The Bertz CT molecular complexity index is 735. The summed E-state index contributed by atoms with van der Waals surface area (Å²) in [7, 11) is 0. The molecular formula is C20H26O6. The molecule has 0 radical (unpaired) electrons. The molecule has 8 atom stereocenters. The molecule has 6 heteroatoms. The van der Waals surface area contributed by atoms with Crippen LogP contribution in [0, 0.1) is 22.7 Å². The van der Waals surface area contributed by atoms with Crippen LogP contribution in [0.5, 0.6) is 0 Å². The summed E-state index contributed by atoms with van der Waals surface area (Å²) in [6.07, 6.45) is 6.97. The molecule has 1 aromatic heterocycles. The van der Waals surface area contributed by atoms with Crippen molar-refractivity contribution in [3.05, 3.63) is 24.2 Å². The van der Waals surface area contributed by atoms with Crippen molar-refractivity contribution < 1.29 is 28.8 Å². The molecule has 3 saturated heterocycles. The van der Waals surface area contributed by atoms with Crippen LogP contribution in [0.25, 0.3) is 0 Å². The van der Waals surface area contributed by atoms with Gasteiger partial charge in [-0.15, -0.1) is 0 Å². The quantitative estimate of drug-likeness (QED) is 0.798. The van der Waals surface area contributed by atoms with Crippen molar-refractivity contribution in [2.24, 2.45) is 22.7 Å². The van der Waals surface area contributed by atoms with Crippen LogP contribution in [0.15, 0.2) is 23.0 Å². The Morgan fingerprint density at radius 3 is 2.88 bits per heavy atom. The molecule has 142 valence electrons. The minimum absolute atomic E-state index is 0.0696. The number of furan rings is 1. The van der Waals surface area contributed by atoms with Crippen molar-refractivity contribution in [2.75, 3.05) is 13.2 Å². The third-order valence-corrected chi connectivity index (χ3v) is 8.55. The van der Waals surface area contributed by atoms with Crippen LogP contribution in [0.1, 0.15) is 50.7 Å².